The third-order valence-electron chi connectivity index (χ3n) is 7.59. The Morgan fingerprint density at radius 2 is 1.20 bits per heavy atom. The minimum Gasteiger partial charge on any atom is -0.508 e. The van der Waals surface area contributed by atoms with Gasteiger partial charge in [-0.1, -0.05) is 24.3 Å². The third kappa shape index (κ3) is 13.3. The Hall–Kier alpha value is -5.62. The van der Waals surface area contributed by atoms with Crippen molar-refractivity contribution in [1.29, 1.82) is 0 Å². The number of carboxylic acids is 2. The van der Waals surface area contributed by atoms with E-state index in [2.05, 4.69) is 31.2 Å². The minimum absolute atomic E-state index is 0.0462. The van der Waals surface area contributed by atoms with Crippen LogP contribution >= 0.6 is 11.8 Å². The highest BCUT2D eigenvalue weighted by molar-refractivity contribution is 7.98. The highest BCUT2D eigenvalue weighted by Crippen LogP contribution is 2.14. The number of thioether (sulfide) groups is 1. The summed E-state index contributed by atoms with van der Waals surface area (Å²) >= 11 is 1.39. The number of nitrogens with two attached hydrogens (primary N) is 1. The number of nitrogens with zero attached hydrogens (tertiary/aromatic N) is 1. The number of aromatic hydroxyl groups is 2. The van der Waals surface area contributed by atoms with Crippen LogP contribution in [0, 0.1) is 0 Å². The van der Waals surface area contributed by atoms with Crippen molar-refractivity contribution in [3.8, 4) is 11.5 Å². The molecule has 4 amide bonds. The van der Waals surface area contributed by atoms with Crippen molar-refractivity contribution in [3.63, 3.8) is 0 Å². The van der Waals surface area contributed by atoms with Crippen LogP contribution in [0.4, 0.5) is 0 Å². The summed E-state index contributed by atoms with van der Waals surface area (Å²) in [5, 5.41) is 48.4. The number of H-pyrrole nitrogens is 1. The molecule has 17 nitrogen and oxygen atoms in total. The van der Waals surface area contributed by atoms with Gasteiger partial charge in [-0.05, 0) is 53.8 Å². The third-order valence-corrected chi connectivity index (χ3v) is 8.23. The average Bonchev–Trinajstić information content (AvgIpc) is 3.60. The number of aromatic nitrogens is 2. The van der Waals surface area contributed by atoms with Crippen molar-refractivity contribution < 1.29 is 49.2 Å². The van der Waals surface area contributed by atoms with E-state index in [0.717, 1.165) is 0 Å². The number of nitrogens with one attached hydrogen (secondary N) is 5. The molecule has 11 N–H and O–H groups in total. The van der Waals surface area contributed by atoms with Gasteiger partial charge in [-0.2, -0.15) is 11.8 Å². The Kier molecular flexibility index (Phi) is 15.3. The fourth-order valence-corrected chi connectivity index (χ4v) is 5.32. The SMILES string of the molecule is CSCC[C@H](NC(=O)[C@H](Cc1ccc(O)cc1)NC(=O)[C@H](Cc1ccc(O)cc1)NC(=O)[C@@H](N)CC(=O)O)C(=O)N[C@@H](Cc1cnc[nH]1)C(=O)O. The lowest BCUT2D eigenvalue weighted by molar-refractivity contribution is -0.142. The molecule has 0 radical (unpaired) electrons. The fourth-order valence-electron chi connectivity index (χ4n) is 4.85. The highest BCUT2D eigenvalue weighted by Gasteiger charge is 2.32. The quantitative estimate of drug-likeness (QED) is 0.0699. The zero-order chi connectivity index (χ0) is 37.5. The number of imidazole rings is 1. The number of carbonyl (C=O) groups excluding carboxylic acids is 4. The Balaban J connectivity index is 1.88. The zero-order valence-corrected chi connectivity index (χ0v) is 28.4. The zero-order valence-electron chi connectivity index (χ0n) is 27.6. The van der Waals surface area contributed by atoms with E-state index in [1.54, 1.807) is 6.26 Å². The normalized spacial score (nSPS) is 13.8. The number of hydrogen-bond acceptors (Lipinski definition) is 11. The Morgan fingerprint density at radius 1 is 0.725 bits per heavy atom. The summed E-state index contributed by atoms with van der Waals surface area (Å²) in [6.07, 6.45) is 3.59. The van der Waals surface area contributed by atoms with Crippen molar-refractivity contribution in [2.24, 2.45) is 5.73 Å². The molecule has 1 heterocycles. The van der Waals surface area contributed by atoms with Crippen LogP contribution in [0.3, 0.4) is 0 Å². The maximum absolute atomic E-state index is 13.9. The van der Waals surface area contributed by atoms with E-state index in [9.17, 15) is 44.1 Å². The van der Waals surface area contributed by atoms with Gasteiger partial charge in [0.1, 0.15) is 35.7 Å². The van der Waals surface area contributed by atoms with Gasteiger partial charge < -0.3 is 52.4 Å². The molecule has 0 saturated carbocycles. The molecule has 0 bridgehead atoms. The summed E-state index contributed by atoms with van der Waals surface area (Å²) in [7, 11) is 0. The molecule has 0 spiro atoms. The molecule has 51 heavy (non-hydrogen) atoms. The lowest BCUT2D eigenvalue weighted by atomic mass is 10.0. The van der Waals surface area contributed by atoms with Gasteiger partial charge in [0.15, 0.2) is 0 Å². The molecule has 0 unspecified atom stereocenters. The molecule has 0 aliphatic rings. The number of phenols is 2. The molecule has 3 aromatic rings. The predicted octanol–water partition coefficient (Wildman–Crippen LogP) is -0.572. The van der Waals surface area contributed by atoms with Crippen LogP contribution in [0.15, 0.2) is 61.1 Å². The average molecular weight is 728 g/mol. The monoisotopic (exact) mass is 727 g/mol. The highest BCUT2D eigenvalue weighted by atomic mass is 32.2. The molecular weight excluding hydrogens is 686 g/mol. The molecule has 2 aromatic carbocycles. The van der Waals surface area contributed by atoms with Crippen LogP contribution in [0.1, 0.15) is 29.7 Å². The second-order valence-corrected chi connectivity index (χ2v) is 12.6. The van der Waals surface area contributed by atoms with Gasteiger partial charge >= 0.3 is 11.9 Å². The van der Waals surface area contributed by atoms with E-state index < -0.39 is 72.2 Å². The van der Waals surface area contributed by atoms with Crippen LogP contribution < -0.4 is 27.0 Å². The molecule has 0 fully saturated rings. The summed E-state index contributed by atoms with van der Waals surface area (Å²) in [4.78, 5) is 83.7. The van der Waals surface area contributed by atoms with Crippen LogP contribution in [-0.2, 0) is 48.0 Å². The lowest BCUT2D eigenvalue weighted by Gasteiger charge is -2.26. The topological polar surface area (TPSA) is 286 Å². The second-order valence-electron chi connectivity index (χ2n) is 11.6. The molecule has 1 aromatic heterocycles. The molecule has 18 heteroatoms. The molecular formula is C33H41N7O10S. The second kappa shape index (κ2) is 19.5. The molecule has 0 aliphatic carbocycles. The number of benzene rings is 2. The number of aromatic amines is 1. The summed E-state index contributed by atoms with van der Waals surface area (Å²) in [5.74, 6) is -5.71. The number of carbonyl (C=O) groups is 6. The number of carboxylic acid groups (broad SMARTS) is 2. The van der Waals surface area contributed by atoms with Crippen LogP contribution in [0.25, 0.3) is 0 Å². The number of aliphatic carboxylic acids is 2. The smallest absolute Gasteiger partial charge is 0.326 e. The van der Waals surface area contributed by atoms with Gasteiger partial charge in [-0.25, -0.2) is 9.78 Å². The van der Waals surface area contributed by atoms with Gasteiger partial charge in [-0.3, -0.25) is 24.0 Å². The number of phenolic OH excluding ortho intramolecular Hbond substituents is 2. The van der Waals surface area contributed by atoms with Crippen molar-refractivity contribution in [2.75, 3.05) is 12.0 Å². The maximum Gasteiger partial charge on any atom is 0.326 e. The van der Waals surface area contributed by atoms with Crippen LogP contribution in [-0.4, -0.2) is 108 Å². The fraction of sp³-hybridized carbons (Fsp3) is 0.364. The van der Waals surface area contributed by atoms with E-state index in [1.165, 1.54) is 72.8 Å². The van der Waals surface area contributed by atoms with Crippen LogP contribution in [0.5, 0.6) is 11.5 Å². The van der Waals surface area contributed by atoms with E-state index in [0.29, 0.717) is 22.6 Å². The minimum atomic E-state index is -1.49. The summed E-state index contributed by atoms with van der Waals surface area (Å²) < 4.78 is 0. The van der Waals surface area contributed by atoms with Gasteiger partial charge in [0, 0.05) is 31.2 Å². The van der Waals surface area contributed by atoms with E-state index in [-0.39, 0.29) is 37.2 Å². The van der Waals surface area contributed by atoms with Crippen molar-refractivity contribution in [1.82, 2.24) is 31.2 Å². The molecule has 3 rings (SSSR count). The largest absolute Gasteiger partial charge is 0.508 e. The van der Waals surface area contributed by atoms with Gasteiger partial charge in [0.25, 0.3) is 0 Å². The predicted molar refractivity (Wildman–Crippen MR) is 184 cm³/mol. The van der Waals surface area contributed by atoms with E-state index in [1.807, 2.05) is 0 Å². The van der Waals surface area contributed by atoms with E-state index >= 15 is 0 Å². The summed E-state index contributed by atoms with van der Waals surface area (Å²) in [6, 6.07) is 4.76. The lowest BCUT2D eigenvalue weighted by Crippen LogP contribution is -2.59. The summed E-state index contributed by atoms with van der Waals surface area (Å²) in [6.45, 7) is 0. The van der Waals surface area contributed by atoms with Gasteiger partial charge in [-0.15, -0.1) is 0 Å². The van der Waals surface area contributed by atoms with Crippen molar-refractivity contribution in [2.45, 2.75) is 62.3 Å². The first-order valence-electron chi connectivity index (χ1n) is 15.7. The van der Waals surface area contributed by atoms with Crippen LogP contribution in [0.2, 0.25) is 0 Å². The van der Waals surface area contributed by atoms with Crippen molar-refractivity contribution in [3.05, 3.63) is 77.9 Å². The van der Waals surface area contributed by atoms with Gasteiger partial charge in [0.05, 0.1) is 18.8 Å². The number of amides is 4. The number of rotatable bonds is 20. The Labute approximate surface area is 296 Å². The van der Waals surface area contributed by atoms with Crippen molar-refractivity contribution >= 4 is 47.3 Å². The molecule has 5 atom stereocenters. The molecule has 0 saturated heterocycles. The standard InChI is InChI=1S/C33H41N7O10S/c1-51-11-10-24(30(46)40-27(33(49)50)14-20-16-35-17-36-20)37-31(47)26(13-19-4-8-22(42)9-5-19)39-32(48)25(12-18-2-6-21(41)7-3-18)38-29(45)23(34)15-28(43)44/h2-9,16-17,23-27,41-42H,10-15,34H2,1H3,(H,35,36)(H,37,47)(H,38,45)(H,39,48)(H,40,46)(H,43,44)(H,49,50)/t23-,24-,25-,26-,27-/m0/s1. The first-order valence-corrected chi connectivity index (χ1v) is 17.1. The first-order chi connectivity index (χ1) is 24.2. The molecule has 0 aliphatic heterocycles. The summed E-state index contributed by atoms with van der Waals surface area (Å²) in [5.41, 5.74) is 7.20. The maximum atomic E-state index is 13.9. The molecule has 274 valence electrons. The number of hydrogen-bond donors (Lipinski definition) is 10. The Bertz CT molecular complexity index is 1640. The first kappa shape index (κ1) is 39.8. The van der Waals surface area contributed by atoms with E-state index in [4.69, 9.17) is 10.8 Å². The van der Waals surface area contributed by atoms with Gasteiger partial charge in [0.2, 0.25) is 23.6 Å². The Morgan fingerprint density at radius 3 is 1.65 bits per heavy atom.